The molecule has 2 saturated carbocycles. The fraction of sp³-hybridized carbons (Fsp3) is 0.548. The Bertz CT molecular complexity index is 795. The van der Waals surface area contributed by atoms with Crippen molar-refractivity contribution >= 4 is 26.5 Å². The molecule has 2 aliphatic rings. The van der Waals surface area contributed by atoms with Crippen molar-refractivity contribution in [3.05, 3.63) is 72.1 Å². The van der Waals surface area contributed by atoms with Gasteiger partial charge in [-0.05, 0) is 67.1 Å². The Morgan fingerprint density at radius 1 is 0.697 bits per heavy atom. The van der Waals surface area contributed by atoms with E-state index in [2.05, 4.69) is 87.3 Å². The van der Waals surface area contributed by atoms with Crippen molar-refractivity contribution < 1.29 is 0 Å². The molecule has 178 valence electrons. The summed E-state index contributed by atoms with van der Waals surface area (Å²) in [5.74, 6) is 2.75. The quantitative estimate of drug-likeness (QED) is 0.348. The van der Waals surface area contributed by atoms with E-state index in [-0.39, 0.29) is 13.3 Å². The van der Waals surface area contributed by atoms with Crippen LogP contribution in [0, 0.1) is 5.41 Å². The Morgan fingerprint density at radius 3 is 1.52 bits per heavy atom. The topological polar surface area (TPSA) is 0 Å². The van der Waals surface area contributed by atoms with Gasteiger partial charge in [0.05, 0.1) is 0 Å². The molecule has 0 saturated heterocycles. The van der Waals surface area contributed by atoms with Gasteiger partial charge >= 0.3 is 0 Å². The average molecular weight is 479 g/mol. The molecule has 2 heteroatoms. The van der Waals surface area contributed by atoms with Gasteiger partial charge in [0.1, 0.15) is 0 Å². The van der Waals surface area contributed by atoms with Gasteiger partial charge in [0.25, 0.3) is 0 Å². The van der Waals surface area contributed by atoms with Gasteiger partial charge in [-0.2, -0.15) is 0 Å². The first-order valence-electron chi connectivity index (χ1n) is 13.4. The number of hydrogen-bond donors (Lipinski definition) is 0. The normalized spacial score (nSPS) is 19.4. The van der Waals surface area contributed by atoms with Crippen LogP contribution < -0.4 is 10.6 Å². The molecule has 0 atom stereocenters. The minimum Gasteiger partial charge on any atom is -0.0962 e. The summed E-state index contributed by atoms with van der Waals surface area (Å²) in [6, 6.07) is 22.6. The molecule has 2 fully saturated rings. The van der Waals surface area contributed by atoms with Crippen LogP contribution in [-0.2, 0) is 0 Å². The van der Waals surface area contributed by atoms with E-state index in [1.165, 1.54) is 81.0 Å². The molecule has 0 aliphatic heterocycles. The van der Waals surface area contributed by atoms with E-state index in [4.69, 9.17) is 0 Å². The summed E-state index contributed by atoms with van der Waals surface area (Å²) in [5, 5.41) is 2.97. The number of benzene rings is 2. The standard InChI is InChI=1S/C31H44P2/c1-31(2,3)26(24-32(27-16-8-4-9-17-27)28-18-10-5-11-19-28)25-33(29-20-12-6-13-21-29)30-22-14-7-15-23-30/h4-5,8-11,16-19,24,29-30H,6-7,12-15,20-23,25H2,1-3H3. The highest BCUT2D eigenvalue weighted by molar-refractivity contribution is 7.75. The lowest BCUT2D eigenvalue weighted by Crippen LogP contribution is -2.25. The summed E-state index contributed by atoms with van der Waals surface area (Å²) in [6.07, 6.45) is 16.3. The molecule has 0 radical (unpaired) electrons. The second-order valence-corrected chi connectivity index (χ2v) is 16.0. The number of rotatable bonds is 7. The van der Waals surface area contributed by atoms with Crippen LogP contribution in [0.2, 0.25) is 0 Å². The van der Waals surface area contributed by atoms with Crippen molar-refractivity contribution in [2.45, 2.75) is 96.3 Å². The summed E-state index contributed by atoms with van der Waals surface area (Å²) in [4.78, 5) is 0. The molecule has 0 bridgehead atoms. The molecule has 0 N–H and O–H groups in total. The van der Waals surface area contributed by atoms with Gasteiger partial charge in [-0.25, -0.2) is 0 Å². The smallest absolute Gasteiger partial charge is 0.0100 e. The summed E-state index contributed by atoms with van der Waals surface area (Å²) >= 11 is 0. The monoisotopic (exact) mass is 478 g/mol. The Morgan fingerprint density at radius 2 is 1.12 bits per heavy atom. The molecule has 0 unspecified atom stereocenters. The Kier molecular flexibility index (Phi) is 9.25. The summed E-state index contributed by atoms with van der Waals surface area (Å²) in [5.41, 5.74) is 4.00. The first kappa shape index (κ1) is 25.1. The largest absolute Gasteiger partial charge is 0.0962 e. The lowest BCUT2D eigenvalue weighted by Gasteiger charge is -2.41. The highest BCUT2D eigenvalue weighted by atomic mass is 31.1. The maximum absolute atomic E-state index is 2.75. The van der Waals surface area contributed by atoms with Gasteiger partial charge in [-0.15, -0.1) is 0 Å². The maximum Gasteiger partial charge on any atom is -0.0100 e. The molecule has 2 aromatic rings. The van der Waals surface area contributed by atoms with E-state index in [0.29, 0.717) is 0 Å². The van der Waals surface area contributed by atoms with Crippen LogP contribution in [0.3, 0.4) is 0 Å². The van der Waals surface area contributed by atoms with Crippen LogP contribution in [0.25, 0.3) is 0 Å². The molecule has 2 aromatic carbocycles. The molecule has 0 aromatic heterocycles. The van der Waals surface area contributed by atoms with Gasteiger partial charge in [0.15, 0.2) is 0 Å². The van der Waals surface area contributed by atoms with Crippen LogP contribution in [0.1, 0.15) is 85.0 Å². The van der Waals surface area contributed by atoms with E-state index in [1.807, 2.05) is 0 Å². The first-order chi connectivity index (χ1) is 16.0. The van der Waals surface area contributed by atoms with Crippen LogP contribution in [0.5, 0.6) is 0 Å². The molecule has 4 rings (SSSR count). The Balaban J connectivity index is 1.70. The molecule has 0 amide bonds. The number of hydrogen-bond acceptors (Lipinski definition) is 0. The third-order valence-corrected chi connectivity index (χ3v) is 13.7. The SMILES string of the molecule is CC(C)(C)C(=CP(c1ccccc1)c1ccccc1)CP(C1CCCCC1)C1CCCCC1. The van der Waals surface area contributed by atoms with E-state index in [0.717, 1.165) is 11.3 Å². The zero-order chi connectivity index (χ0) is 23.1. The molecule has 0 heterocycles. The third-order valence-electron chi connectivity index (χ3n) is 7.76. The summed E-state index contributed by atoms with van der Waals surface area (Å²) < 4.78 is 0. The minimum absolute atomic E-state index is 0.0730. The second kappa shape index (κ2) is 12.1. The molecule has 33 heavy (non-hydrogen) atoms. The Hall–Kier alpha value is -0.960. The van der Waals surface area contributed by atoms with Gasteiger partial charge in [-0.1, -0.05) is 139 Å². The van der Waals surface area contributed by atoms with Crippen LogP contribution in [-0.4, -0.2) is 17.5 Å². The maximum atomic E-state index is 2.75. The van der Waals surface area contributed by atoms with Crippen molar-refractivity contribution in [3.8, 4) is 0 Å². The summed E-state index contributed by atoms with van der Waals surface area (Å²) in [7, 11) is -0.399. The second-order valence-electron chi connectivity index (χ2n) is 11.2. The van der Waals surface area contributed by atoms with E-state index in [1.54, 1.807) is 5.57 Å². The van der Waals surface area contributed by atoms with Gasteiger partial charge < -0.3 is 0 Å². The molecular formula is C31H44P2. The molecular weight excluding hydrogens is 434 g/mol. The predicted molar refractivity (Wildman–Crippen MR) is 152 cm³/mol. The van der Waals surface area contributed by atoms with E-state index < -0.39 is 7.92 Å². The fourth-order valence-electron chi connectivity index (χ4n) is 5.68. The molecule has 2 aliphatic carbocycles. The highest BCUT2D eigenvalue weighted by Gasteiger charge is 2.33. The zero-order valence-corrected chi connectivity index (χ0v) is 23.0. The zero-order valence-electron chi connectivity index (χ0n) is 21.2. The molecule has 0 spiro atoms. The van der Waals surface area contributed by atoms with E-state index in [9.17, 15) is 0 Å². The van der Waals surface area contributed by atoms with Crippen molar-refractivity contribution in [1.82, 2.24) is 0 Å². The van der Waals surface area contributed by atoms with Crippen LogP contribution in [0.4, 0.5) is 0 Å². The van der Waals surface area contributed by atoms with E-state index >= 15 is 0 Å². The van der Waals surface area contributed by atoms with Crippen molar-refractivity contribution in [2.75, 3.05) is 6.16 Å². The fourth-order valence-corrected chi connectivity index (χ4v) is 12.3. The average Bonchev–Trinajstić information content (AvgIpc) is 2.85. The highest BCUT2D eigenvalue weighted by Crippen LogP contribution is 2.58. The Labute approximate surface area is 206 Å². The van der Waals surface area contributed by atoms with Crippen molar-refractivity contribution in [1.29, 1.82) is 0 Å². The third kappa shape index (κ3) is 7.03. The van der Waals surface area contributed by atoms with Crippen LogP contribution in [0.15, 0.2) is 72.1 Å². The molecule has 0 nitrogen and oxygen atoms in total. The van der Waals surface area contributed by atoms with Gasteiger partial charge in [0, 0.05) is 0 Å². The van der Waals surface area contributed by atoms with Gasteiger partial charge in [-0.3, -0.25) is 0 Å². The minimum atomic E-state index is -0.472. The predicted octanol–water partition coefficient (Wildman–Crippen LogP) is 9.20. The van der Waals surface area contributed by atoms with Crippen molar-refractivity contribution in [2.24, 2.45) is 5.41 Å². The van der Waals surface area contributed by atoms with Crippen molar-refractivity contribution in [3.63, 3.8) is 0 Å². The first-order valence-corrected chi connectivity index (χ1v) is 16.5. The lowest BCUT2D eigenvalue weighted by atomic mass is 9.89. The van der Waals surface area contributed by atoms with Crippen LogP contribution >= 0.6 is 15.8 Å². The lowest BCUT2D eigenvalue weighted by molar-refractivity contribution is 0.479. The summed E-state index contributed by atoms with van der Waals surface area (Å²) in [6.45, 7) is 7.41. The van der Waals surface area contributed by atoms with Gasteiger partial charge in [0.2, 0.25) is 0 Å². The number of allylic oxidation sites excluding steroid dienone is 1.